The lowest BCUT2D eigenvalue weighted by Crippen LogP contribution is -2.51. The summed E-state index contributed by atoms with van der Waals surface area (Å²) in [6, 6.07) is 7.35. The van der Waals surface area contributed by atoms with Gasteiger partial charge in [0.05, 0.1) is 24.2 Å². The number of nitrogens with zero attached hydrogens (tertiary/aromatic N) is 3. The van der Waals surface area contributed by atoms with E-state index in [1.165, 1.54) is 41.4 Å². The van der Waals surface area contributed by atoms with Gasteiger partial charge in [0.15, 0.2) is 0 Å². The summed E-state index contributed by atoms with van der Waals surface area (Å²) in [6.07, 6.45) is -3.06. The van der Waals surface area contributed by atoms with Crippen molar-refractivity contribution in [1.29, 1.82) is 0 Å². The van der Waals surface area contributed by atoms with Crippen molar-refractivity contribution in [2.24, 2.45) is 0 Å². The van der Waals surface area contributed by atoms with Crippen molar-refractivity contribution in [2.75, 3.05) is 36.4 Å². The van der Waals surface area contributed by atoms with Crippen molar-refractivity contribution >= 4 is 23.2 Å². The van der Waals surface area contributed by atoms with Gasteiger partial charge in [0.25, 0.3) is 11.5 Å². The zero-order valence-electron chi connectivity index (χ0n) is 14.6. The first-order valence-corrected chi connectivity index (χ1v) is 8.39. The van der Waals surface area contributed by atoms with Gasteiger partial charge in [0.1, 0.15) is 18.7 Å². The van der Waals surface area contributed by atoms with Gasteiger partial charge in [-0.05, 0) is 18.2 Å². The zero-order valence-corrected chi connectivity index (χ0v) is 14.6. The molecule has 1 aromatic heterocycles. The second kappa shape index (κ2) is 7.71. The number of nitro groups is 1. The maximum Gasteiger partial charge on any atom is 0.424 e. The Kier molecular flexibility index (Phi) is 5.34. The molecule has 0 unspecified atom stereocenters. The van der Waals surface area contributed by atoms with Crippen molar-refractivity contribution in [1.82, 2.24) is 4.90 Å². The molecular formula is C17H17F3N5O3+. The molecule has 1 aliphatic rings. The van der Waals surface area contributed by atoms with Gasteiger partial charge in [-0.2, -0.15) is 13.2 Å². The number of hydrogen-bond acceptors (Lipinski definition) is 4. The highest BCUT2D eigenvalue weighted by Crippen LogP contribution is 2.34. The second-order valence-corrected chi connectivity index (χ2v) is 6.14. The number of nitro benzene ring substituents is 1. The minimum absolute atomic E-state index is 0.0336. The topological polar surface area (TPSA) is 92.9 Å². The average molecular weight is 396 g/mol. The number of piperazine rings is 1. The van der Waals surface area contributed by atoms with Crippen LogP contribution in [0.4, 0.5) is 35.2 Å². The molecule has 148 valence electrons. The van der Waals surface area contributed by atoms with Crippen LogP contribution in [0.1, 0.15) is 5.56 Å². The second-order valence-electron chi connectivity index (χ2n) is 6.14. The third-order valence-electron chi connectivity index (χ3n) is 4.33. The smallest absolute Gasteiger partial charge is 0.317 e. The third kappa shape index (κ3) is 4.30. The van der Waals surface area contributed by atoms with E-state index in [0.717, 1.165) is 6.07 Å². The van der Waals surface area contributed by atoms with Crippen molar-refractivity contribution in [3.05, 3.63) is 58.3 Å². The highest BCUT2D eigenvalue weighted by atomic mass is 19.4. The molecule has 1 fully saturated rings. The fraction of sp³-hybridized carbons (Fsp3) is 0.294. The van der Waals surface area contributed by atoms with Crippen LogP contribution in [-0.4, -0.2) is 42.0 Å². The Labute approximate surface area is 157 Å². The predicted octanol–water partition coefficient (Wildman–Crippen LogP) is 2.78. The molecule has 0 bridgehead atoms. The molecule has 1 saturated heterocycles. The van der Waals surface area contributed by atoms with Gasteiger partial charge in [0.2, 0.25) is 0 Å². The third-order valence-corrected chi connectivity index (χ3v) is 4.33. The normalized spacial score (nSPS) is 14.7. The van der Waals surface area contributed by atoms with E-state index in [1.54, 1.807) is 4.90 Å². The van der Waals surface area contributed by atoms with Gasteiger partial charge in [-0.3, -0.25) is 15.0 Å². The number of aromatic amines is 1. The van der Waals surface area contributed by atoms with E-state index in [2.05, 4.69) is 10.3 Å². The number of H-pyrrole nitrogens is 1. The summed E-state index contributed by atoms with van der Waals surface area (Å²) >= 11 is 0. The van der Waals surface area contributed by atoms with Crippen LogP contribution in [0.25, 0.3) is 0 Å². The summed E-state index contributed by atoms with van der Waals surface area (Å²) in [7, 11) is 0. The molecule has 0 aliphatic carbocycles. The van der Waals surface area contributed by atoms with Gasteiger partial charge in [-0.25, -0.2) is 9.78 Å². The van der Waals surface area contributed by atoms with E-state index in [-0.39, 0.29) is 43.4 Å². The van der Waals surface area contributed by atoms with Crippen LogP contribution in [-0.2, 0) is 6.18 Å². The van der Waals surface area contributed by atoms with Gasteiger partial charge < -0.3 is 10.2 Å². The Balaban J connectivity index is 1.64. The average Bonchev–Trinajstić information content (AvgIpc) is 2.67. The number of carbonyl (C=O) groups is 1. The molecule has 2 N–H and O–H groups in total. The monoisotopic (exact) mass is 396 g/mol. The summed E-state index contributed by atoms with van der Waals surface area (Å²) in [6.45, 7) is 0.847. The lowest BCUT2D eigenvalue weighted by Gasteiger charge is -2.31. The first kappa shape index (κ1) is 19.4. The minimum Gasteiger partial charge on any atom is -0.317 e. The maximum absolute atomic E-state index is 13.2. The largest absolute Gasteiger partial charge is 0.424 e. The number of benzene rings is 1. The Bertz CT molecular complexity index is 882. The van der Waals surface area contributed by atoms with Crippen molar-refractivity contribution in [2.45, 2.75) is 6.18 Å². The standard InChI is InChI=1S/C17H16F3N5O3/c18-17(19,20)14-5-2-6-21-15(14)23-7-9-24(10-8-23)16(26)22-12-3-1-4-13(11-12)25(27)28/h1-6,11H,7-10H2,(H,22,26)/p+1. The van der Waals surface area contributed by atoms with Crippen molar-refractivity contribution in [3.8, 4) is 0 Å². The Hall–Kier alpha value is -3.37. The highest BCUT2D eigenvalue weighted by Gasteiger charge is 2.40. The van der Waals surface area contributed by atoms with Gasteiger partial charge in [0, 0.05) is 17.8 Å². The number of amides is 2. The minimum atomic E-state index is -4.48. The molecule has 3 rings (SSSR count). The highest BCUT2D eigenvalue weighted by molar-refractivity contribution is 5.89. The van der Waals surface area contributed by atoms with E-state index >= 15 is 0 Å². The zero-order chi connectivity index (χ0) is 20.3. The molecule has 11 heteroatoms. The summed E-state index contributed by atoms with van der Waals surface area (Å²) in [4.78, 5) is 28.2. The molecule has 28 heavy (non-hydrogen) atoms. The molecular weight excluding hydrogens is 379 g/mol. The fourth-order valence-electron chi connectivity index (χ4n) is 2.95. The quantitative estimate of drug-likeness (QED) is 0.638. The number of hydrogen-bond donors (Lipinski definition) is 1. The predicted molar refractivity (Wildman–Crippen MR) is 93.9 cm³/mol. The molecule has 0 radical (unpaired) electrons. The number of non-ortho nitro benzene ring substituents is 1. The fourth-order valence-corrected chi connectivity index (χ4v) is 2.95. The van der Waals surface area contributed by atoms with Gasteiger partial charge in [-0.15, -0.1) is 0 Å². The molecule has 2 aromatic rings. The number of carbonyl (C=O) groups excluding carboxylic acids is 1. The Morgan fingerprint density at radius 2 is 1.86 bits per heavy atom. The van der Waals surface area contributed by atoms with Crippen LogP contribution in [0.2, 0.25) is 0 Å². The number of halogens is 3. The molecule has 1 aromatic carbocycles. The maximum atomic E-state index is 13.2. The number of urea groups is 1. The number of alkyl halides is 3. The molecule has 2 amide bonds. The number of rotatable bonds is 3. The summed E-state index contributed by atoms with van der Waals surface area (Å²) in [5, 5.41) is 13.4. The van der Waals surface area contributed by atoms with Crippen LogP contribution in [0, 0.1) is 10.1 Å². The van der Waals surface area contributed by atoms with Crippen molar-refractivity contribution < 1.29 is 27.9 Å². The molecule has 0 spiro atoms. The van der Waals surface area contributed by atoms with Crippen LogP contribution >= 0.6 is 0 Å². The van der Waals surface area contributed by atoms with E-state index in [4.69, 9.17) is 0 Å². The number of nitrogens with one attached hydrogen (secondary N) is 2. The number of pyridine rings is 1. The van der Waals surface area contributed by atoms with E-state index in [1.807, 2.05) is 0 Å². The lowest BCUT2D eigenvalue weighted by atomic mass is 10.2. The van der Waals surface area contributed by atoms with E-state index in [0.29, 0.717) is 0 Å². The number of anilines is 2. The van der Waals surface area contributed by atoms with Crippen molar-refractivity contribution in [3.63, 3.8) is 0 Å². The molecule has 0 saturated carbocycles. The molecule has 0 atom stereocenters. The molecule has 8 nitrogen and oxygen atoms in total. The SMILES string of the molecule is O=C(Nc1cccc([N+](=O)[O-])c1)N1CCN(c2[nH+]cccc2C(F)(F)F)CC1. The number of aromatic nitrogens is 1. The molecule has 2 heterocycles. The lowest BCUT2D eigenvalue weighted by molar-refractivity contribution is -0.384. The Morgan fingerprint density at radius 1 is 1.14 bits per heavy atom. The Morgan fingerprint density at radius 3 is 2.50 bits per heavy atom. The van der Waals surface area contributed by atoms with Crippen LogP contribution in [0.3, 0.4) is 0 Å². The first-order valence-electron chi connectivity index (χ1n) is 8.39. The van der Waals surface area contributed by atoms with Gasteiger partial charge in [-0.1, -0.05) is 6.07 Å². The van der Waals surface area contributed by atoms with E-state index in [9.17, 15) is 28.1 Å². The summed E-state index contributed by atoms with van der Waals surface area (Å²) in [5.74, 6) is -0.0336. The molecule has 1 aliphatic heterocycles. The summed E-state index contributed by atoms with van der Waals surface area (Å²) in [5.41, 5.74) is -0.635. The van der Waals surface area contributed by atoms with E-state index < -0.39 is 22.7 Å². The van der Waals surface area contributed by atoms with Crippen LogP contribution in [0.5, 0.6) is 0 Å². The van der Waals surface area contributed by atoms with Crippen LogP contribution < -0.4 is 15.2 Å². The summed E-state index contributed by atoms with van der Waals surface area (Å²) < 4.78 is 39.5. The first-order chi connectivity index (χ1) is 13.3. The van der Waals surface area contributed by atoms with Gasteiger partial charge >= 0.3 is 12.2 Å². The van der Waals surface area contributed by atoms with Crippen LogP contribution in [0.15, 0.2) is 42.6 Å².